The number of nitrogens with two attached hydrogens (primary N) is 1. The third-order valence-electron chi connectivity index (χ3n) is 5.41. The van der Waals surface area contributed by atoms with Gasteiger partial charge in [0.05, 0.1) is 42.8 Å². The molecule has 32 heavy (non-hydrogen) atoms. The predicted octanol–water partition coefficient (Wildman–Crippen LogP) is 1.70. The van der Waals surface area contributed by atoms with E-state index >= 15 is 0 Å². The first-order valence-corrected chi connectivity index (χ1v) is 10.8. The molecule has 9 nitrogen and oxygen atoms in total. The standard InChI is InChI=1S/C23H32N4O5/c1-16(13-31-15-28)17-11-25-18-5-4-6-19(21(18)22(17)24)32-14-23(2,3)26-20(29)12-27-7-9-30-10-8-27/h4-6,11,15-16H,7-10,12-14H2,1-3H3,(H2,24,25)(H,26,29). The first-order valence-electron chi connectivity index (χ1n) is 10.8. The van der Waals surface area contributed by atoms with E-state index in [0.29, 0.717) is 48.6 Å². The van der Waals surface area contributed by atoms with Crippen molar-refractivity contribution < 1.29 is 23.8 Å². The number of fused-ring (bicyclic) bond motifs is 1. The third-order valence-corrected chi connectivity index (χ3v) is 5.41. The van der Waals surface area contributed by atoms with Crippen molar-refractivity contribution >= 4 is 29.0 Å². The highest BCUT2D eigenvalue weighted by molar-refractivity contribution is 5.96. The Morgan fingerprint density at radius 1 is 1.38 bits per heavy atom. The van der Waals surface area contributed by atoms with Gasteiger partial charge in [-0.2, -0.15) is 0 Å². The van der Waals surface area contributed by atoms with E-state index in [1.807, 2.05) is 39.0 Å². The number of carbonyl (C=O) groups excluding carboxylic acids is 2. The van der Waals surface area contributed by atoms with Crippen LogP contribution in [0.2, 0.25) is 0 Å². The molecule has 1 fully saturated rings. The van der Waals surface area contributed by atoms with Crippen molar-refractivity contribution in [3.63, 3.8) is 0 Å². The summed E-state index contributed by atoms with van der Waals surface area (Å²) in [6.45, 7) is 9.79. The van der Waals surface area contributed by atoms with Crippen molar-refractivity contribution in [2.75, 3.05) is 51.8 Å². The molecule has 1 amide bonds. The summed E-state index contributed by atoms with van der Waals surface area (Å²) in [7, 11) is 0. The molecule has 2 aromatic rings. The zero-order valence-electron chi connectivity index (χ0n) is 18.9. The van der Waals surface area contributed by atoms with Crippen LogP contribution in [0.15, 0.2) is 24.4 Å². The number of aromatic nitrogens is 1. The lowest BCUT2D eigenvalue weighted by Gasteiger charge is -2.30. The number of nitrogens with one attached hydrogen (secondary N) is 1. The lowest BCUT2D eigenvalue weighted by molar-refractivity contribution is -0.129. The molecular weight excluding hydrogens is 412 g/mol. The highest BCUT2D eigenvalue weighted by Gasteiger charge is 2.24. The van der Waals surface area contributed by atoms with Crippen LogP contribution >= 0.6 is 0 Å². The number of carbonyl (C=O) groups is 2. The fraction of sp³-hybridized carbons (Fsp3) is 0.522. The summed E-state index contributed by atoms with van der Waals surface area (Å²) in [5.41, 5.74) is 7.92. The van der Waals surface area contributed by atoms with Crippen LogP contribution in [0.25, 0.3) is 10.9 Å². The maximum atomic E-state index is 12.5. The van der Waals surface area contributed by atoms with E-state index in [4.69, 9.17) is 19.9 Å². The Labute approximate surface area is 188 Å². The quantitative estimate of drug-likeness (QED) is 0.532. The van der Waals surface area contributed by atoms with E-state index in [9.17, 15) is 9.59 Å². The van der Waals surface area contributed by atoms with Crippen molar-refractivity contribution in [1.82, 2.24) is 15.2 Å². The summed E-state index contributed by atoms with van der Waals surface area (Å²) in [5.74, 6) is 0.431. The number of nitrogens with zero attached hydrogens (tertiary/aromatic N) is 2. The molecular formula is C23H32N4O5. The van der Waals surface area contributed by atoms with Gasteiger partial charge >= 0.3 is 0 Å². The molecule has 0 spiro atoms. The summed E-state index contributed by atoms with van der Waals surface area (Å²) in [5, 5.41) is 3.75. The lowest BCUT2D eigenvalue weighted by Crippen LogP contribution is -2.52. The first-order chi connectivity index (χ1) is 15.3. The second-order valence-electron chi connectivity index (χ2n) is 8.72. The Morgan fingerprint density at radius 2 is 2.12 bits per heavy atom. The molecule has 2 heterocycles. The van der Waals surface area contributed by atoms with Gasteiger partial charge in [0.15, 0.2) is 0 Å². The normalized spacial score (nSPS) is 15.8. The van der Waals surface area contributed by atoms with Crippen molar-refractivity contribution in [2.45, 2.75) is 32.2 Å². The molecule has 0 radical (unpaired) electrons. The van der Waals surface area contributed by atoms with E-state index in [1.54, 1.807) is 6.20 Å². The molecule has 1 aromatic heterocycles. The van der Waals surface area contributed by atoms with E-state index < -0.39 is 5.54 Å². The van der Waals surface area contributed by atoms with Gasteiger partial charge in [0.1, 0.15) is 12.4 Å². The number of anilines is 1. The molecule has 0 saturated carbocycles. The predicted molar refractivity (Wildman–Crippen MR) is 122 cm³/mol. The van der Waals surface area contributed by atoms with Gasteiger partial charge in [-0.05, 0) is 26.0 Å². The molecule has 3 rings (SSSR count). The number of hydrogen-bond acceptors (Lipinski definition) is 8. The van der Waals surface area contributed by atoms with Gasteiger partial charge in [0.2, 0.25) is 5.91 Å². The highest BCUT2D eigenvalue weighted by Crippen LogP contribution is 2.35. The second kappa shape index (κ2) is 10.6. The summed E-state index contributed by atoms with van der Waals surface area (Å²) >= 11 is 0. The van der Waals surface area contributed by atoms with Gasteiger partial charge < -0.3 is 25.3 Å². The lowest BCUT2D eigenvalue weighted by atomic mass is 9.99. The molecule has 1 saturated heterocycles. The third kappa shape index (κ3) is 6.08. The van der Waals surface area contributed by atoms with Crippen LogP contribution in [0.5, 0.6) is 5.75 Å². The summed E-state index contributed by atoms with van der Waals surface area (Å²) in [6.07, 6.45) is 1.70. The number of amides is 1. The van der Waals surface area contributed by atoms with Crippen LogP contribution in [0.4, 0.5) is 5.69 Å². The minimum Gasteiger partial charge on any atom is -0.490 e. The summed E-state index contributed by atoms with van der Waals surface area (Å²) in [6, 6.07) is 5.55. The van der Waals surface area contributed by atoms with Crippen LogP contribution < -0.4 is 15.8 Å². The first kappa shape index (κ1) is 23.7. The average molecular weight is 445 g/mol. The fourth-order valence-electron chi connectivity index (χ4n) is 3.71. The van der Waals surface area contributed by atoms with Crippen LogP contribution in [0.1, 0.15) is 32.3 Å². The molecule has 1 aliphatic rings. The van der Waals surface area contributed by atoms with Crippen LogP contribution in [-0.4, -0.2) is 73.9 Å². The number of benzene rings is 1. The van der Waals surface area contributed by atoms with Crippen LogP contribution in [0.3, 0.4) is 0 Å². The van der Waals surface area contributed by atoms with E-state index in [1.165, 1.54) is 0 Å². The Morgan fingerprint density at radius 3 is 2.84 bits per heavy atom. The Bertz CT molecular complexity index is 943. The number of nitrogen functional groups attached to an aromatic ring is 1. The highest BCUT2D eigenvalue weighted by atomic mass is 16.5. The van der Waals surface area contributed by atoms with Gasteiger partial charge in [-0.3, -0.25) is 19.5 Å². The minimum atomic E-state index is -0.587. The minimum absolute atomic E-state index is 0.0501. The number of pyridine rings is 1. The largest absolute Gasteiger partial charge is 0.490 e. The molecule has 1 atom stereocenters. The van der Waals surface area contributed by atoms with Crippen molar-refractivity contribution in [1.29, 1.82) is 0 Å². The molecule has 1 aromatic carbocycles. The second-order valence-corrected chi connectivity index (χ2v) is 8.72. The van der Waals surface area contributed by atoms with E-state index in [2.05, 4.69) is 15.2 Å². The Hall–Kier alpha value is -2.91. The number of rotatable bonds is 10. The summed E-state index contributed by atoms with van der Waals surface area (Å²) in [4.78, 5) is 29.6. The molecule has 1 unspecified atom stereocenters. The Balaban J connectivity index is 1.70. The maximum Gasteiger partial charge on any atom is 0.293 e. The summed E-state index contributed by atoms with van der Waals surface area (Å²) < 4.78 is 16.3. The SMILES string of the molecule is CC(COC=O)c1cnc2cccc(OCC(C)(C)NC(=O)CN3CCOCC3)c2c1N. The zero-order chi connectivity index (χ0) is 23.1. The fourth-order valence-corrected chi connectivity index (χ4v) is 3.71. The van der Waals surface area contributed by atoms with Crippen molar-refractivity contribution in [2.24, 2.45) is 0 Å². The van der Waals surface area contributed by atoms with Crippen molar-refractivity contribution in [3.8, 4) is 5.75 Å². The number of ether oxygens (including phenoxy) is 3. The monoisotopic (exact) mass is 444 g/mol. The Kier molecular flexibility index (Phi) is 7.87. The average Bonchev–Trinajstić information content (AvgIpc) is 2.76. The van der Waals surface area contributed by atoms with Gasteiger partial charge in [0.25, 0.3) is 6.47 Å². The van der Waals surface area contributed by atoms with Gasteiger partial charge in [-0.1, -0.05) is 13.0 Å². The van der Waals surface area contributed by atoms with Crippen LogP contribution in [0, 0.1) is 0 Å². The number of morpholine rings is 1. The molecule has 0 aliphatic carbocycles. The van der Waals surface area contributed by atoms with Crippen LogP contribution in [-0.2, 0) is 19.1 Å². The molecule has 9 heteroatoms. The van der Waals surface area contributed by atoms with Gasteiger partial charge in [-0.15, -0.1) is 0 Å². The molecule has 3 N–H and O–H groups in total. The topological polar surface area (TPSA) is 116 Å². The van der Waals surface area contributed by atoms with E-state index in [0.717, 1.165) is 18.7 Å². The van der Waals surface area contributed by atoms with E-state index in [-0.39, 0.29) is 25.0 Å². The maximum absolute atomic E-state index is 12.5. The number of hydrogen-bond donors (Lipinski definition) is 2. The smallest absolute Gasteiger partial charge is 0.293 e. The molecule has 174 valence electrons. The van der Waals surface area contributed by atoms with Crippen molar-refractivity contribution in [3.05, 3.63) is 30.0 Å². The zero-order valence-corrected chi connectivity index (χ0v) is 18.9. The van der Waals surface area contributed by atoms with Gasteiger partial charge in [0, 0.05) is 36.5 Å². The molecule has 0 bridgehead atoms. The molecule has 1 aliphatic heterocycles. The van der Waals surface area contributed by atoms with Gasteiger partial charge in [-0.25, -0.2) is 0 Å².